The molecule has 0 spiro atoms. The van der Waals surface area contributed by atoms with E-state index in [1.54, 1.807) is 0 Å². The summed E-state index contributed by atoms with van der Waals surface area (Å²) >= 11 is -2.00. The van der Waals surface area contributed by atoms with E-state index in [0.29, 0.717) is 0 Å². The summed E-state index contributed by atoms with van der Waals surface area (Å²) in [6.45, 7) is 0. The fourth-order valence-corrected chi connectivity index (χ4v) is 0. The van der Waals surface area contributed by atoms with Crippen LogP contribution >= 0.6 is 0 Å². The Morgan fingerprint density at radius 2 is 1.75 bits per heavy atom. The van der Waals surface area contributed by atoms with Crippen molar-refractivity contribution in [3.63, 3.8) is 0 Å². The molecule has 0 aliphatic heterocycles. The molecule has 3 N–H and O–H groups in total. The molecule has 2 nitrogen and oxygen atoms in total. The minimum absolute atomic E-state index is 0. The second-order valence-corrected chi connectivity index (χ2v) is 0.267. The van der Waals surface area contributed by atoms with Crippen molar-refractivity contribution in [3.05, 3.63) is 0 Å². The van der Waals surface area contributed by atoms with Gasteiger partial charge in [0.05, 0.1) is 0 Å². The van der Waals surface area contributed by atoms with Gasteiger partial charge in [-0.15, -0.1) is 0 Å². The van der Waals surface area contributed by atoms with Crippen LogP contribution in [0.3, 0.4) is 0 Å². The molecule has 24 valence electrons. The van der Waals surface area contributed by atoms with Gasteiger partial charge in [-0.05, 0) is 0 Å². The van der Waals surface area contributed by atoms with Gasteiger partial charge in [0.25, 0.3) is 0 Å². The topological polar surface area (TPSA) is 52.1 Å². The first-order valence-corrected chi connectivity index (χ1v) is 1.36. The summed E-state index contributed by atoms with van der Waals surface area (Å²) in [5.41, 5.74) is 0. The van der Waals surface area contributed by atoms with Gasteiger partial charge in [-0.25, -0.2) is 0 Å². The molecule has 0 fully saturated rings. The van der Waals surface area contributed by atoms with Gasteiger partial charge in [-0.2, -0.15) is 0 Å². The van der Waals surface area contributed by atoms with E-state index in [1.165, 1.54) is 0 Å². The van der Waals surface area contributed by atoms with E-state index in [0.717, 1.165) is 0 Å². The number of hydrogen-bond donors (Lipinski definition) is 1. The third-order valence-corrected chi connectivity index (χ3v) is 0. The average Bonchev–Trinajstić information content (AvgIpc) is 0.918. The quantitative estimate of drug-likeness (QED) is 0.418. The van der Waals surface area contributed by atoms with E-state index in [9.17, 15) is 3.52 Å². The van der Waals surface area contributed by atoms with Gasteiger partial charge in [0.2, 0.25) is 0 Å². The summed E-state index contributed by atoms with van der Waals surface area (Å²) < 4.78 is 18.2. The van der Waals surface area contributed by atoms with Crippen molar-refractivity contribution in [3.8, 4) is 0 Å². The Kier molecular flexibility index (Phi) is 23.6. The fourth-order valence-electron chi connectivity index (χ4n) is 0. The minimum atomic E-state index is -2.00. The standard InChI is InChI=1S/Al.FH.H3N.O/h;1H;1H3;/q+1;;;/p-1. The van der Waals surface area contributed by atoms with Crippen molar-refractivity contribution < 1.29 is 7.33 Å². The zero-order valence-corrected chi connectivity index (χ0v) is 3.23. The fraction of sp³-hybridized carbons (Fsp3) is 0. The van der Waals surface area contributed by atoms with E-state index >= 15 is 0 Å². The summed E-state index contributed by atoms with van der Waals surface area (Å²) in [5.74, 6) is 0. The number of halogens is 1. The van der Waals surface area contributed by atoms with E-state index in [2.05, 4.69) is 0 Å². The first-order valence-electron chi connectivity index (χ1n) is 0.454. The summed E-state index contributed by atoms with van der Waals surface area (Å²) in [6.07, 6.45) is 0. The number of hydrogen-bond acceptors (Lipinski definition) is 2. The molecular weight excluding hydrogens is 76.0 g/mol. The second kappa shape index (κ2) is 10.7. The molecule has 0 aliphatic rings. The van der Waals surface area contributed by atoms with Gasteiger partial charge < -0.3 is 6.15 Å². The summed E-state index contributed by atoms with van der Waals surface area (Å²) in [6, 6.07) is 0. The Balaban J connectivity index is 0. The van der Waals surface area contributed by atoms with Crippen LogP contribution in [-0.4, -0.2) is 15.6 Å². The van der Waals surface area contributed by atoms with Gasteiger partial charge >= 0.3 is 22.9 Å². The van der Waals surface area contributed by atoms with Crippen molar-refractivity contribution in [2.45, 2.75) is 0 Å². The Labute approximate surface area is 30.0 Å². The molecule has 0 aromatic rings. The maximum atomic E-state index is 9.82. The molecule has 0 unspecified atom stereocenters. The average molecular weight is 79.0 g/mol. The predicted octanol–water partition coefficient (Wildman–Crippen LogP) is 0.0826. The first-order chi connectivity index (χ1) is 1.41. The van der Waals surface area contributed by atoms with Crippen LogP contribution in [-0.2, 0) is 3.80 Å². The Bertz CT molecular complexity index is 15.5. The van der Waals surface area contributed by atoms with E-state index in [4.69, 9.17) is 3.80 Å². The monoisotopic (exact) mass is 79.0 g/mol. The van der Waals surface area contributed by atoms with Gasteiger partial charge in [-0.3, -0.25) is 0 Å². The molecule has 4 heteroatoms. The maximum absolute atomic E-state index is 9.82. The Morgan fingerprint density at radius 3 is 1.75 bits per heavy atom. The van der Waals surface area contributed by atoms with Crippen molar-refractivity contribution in [1.29, 1.82) is 0 Å². The first kappa shape index (κ1) is 8.88. The van der Waals surface area contributed by atoms with Crippen molar-refractivity contribution in [2.75, 3.05) is 0 Å². The van der Waals surface area contributed by atoms with Crippen molar-refractivity contribution >= 4 is 15.6 Å². The Morgan fingerprint density at radius 1 is 1.75 bits per heavy atom. The molecule has 0 aromatic carbocycles. The molecule has 0 rings (SSSR count). The summed E-state index contributed by atoms with van der Waals surface area (Å²) in [4.78, 5) is 0. The summed E-state index contributed by atoms with van der Waals surface area (Å²) in [5, 5.41) is 0. The Hall–Kier alpha value is 0.222. The molecule has 0 radical (unpaired) electrons. The van der Waals surface area contributed by atoms with E-state index in [1.807, 2.05) is 0 Å². The van der Waals surface area contributed by atoms with Crippen LogP contribution in [0.4, 0.5) is 3.52 Å². The van der Waals surface area contributed by atoms with Gasteiger partial charge in [0.1, 0.15) is 0 Å². The van der Waals surface area contributed by atoms with Crippen LogP contribution in [0.15, 0.2) is 0 Å². The van der Waals surface area contributed by atoms with Crippen LogP contribution in [0.1, 0.15) is 0 Å². The van der Waals surface area contributed by atoms with Gasteiger partial charge in [-0.1, -0.05) is 0 Å². The molecule has 0 aliphatic carbocycles. The SMILES string of the molecule is N.[O]=[Al][F]. The summed E-state index contributed by atoms with van der Waals surface area (Å²) in [7, 11) is 0. The zero-order valence-electron chi connectivity index (χ0n) is 2.07. The third kappa shape index (κ3) is 67.1. The second-order valence-electron chi connectivity index (χ2n) is 0.0891. The van der Waals surface area contributed by atoms with Crippen LogP contribution < -0.4 is 6.15 Å². The molecule has 0 aromatic heterocycles. The molecular formula is H3AlFNO. The zero-order chi connectivity index (χ0) is 2.71. The van der Waals surface area contributed by atoms with E-state index in [-0.39, 0.29) is 6.15 Å². The molecule has 0 amide bonds. The third-order valence-electron chi connectivity index (χ3n) is 0. The van der Waals surface area contributed by atoms with Crippen LogP contribution in [0.5, 0.6) is 0 Å². The molecule has 0 saturated carbocycles. The molecule has 0 bridgehead atoms. The molecule has 0 atom stereocenters. The van der Waals surface area contributed by atoms with Gasteiger partial charge in [0.15, 0.2) is 0 Å². The van der Waals surface area contributed by atoms with E-state index < -0.39 is 15.6 Å². The van der Waals surface area contributed by atoms with Crippen LogP contribution in [0.25, 0.3) is 0 Å². The molecule has 0 heterocycles. The van der Waals surface area contributed by atoms with Gasteiger partial charge in [0, 0.05) is 0 Å². The molecule has 0 saturated heterocycles. The molecule has 4 heavy (non-hydrogen) atoms. The van der Waals surface area contributed by atoms with Crippen LogP contribution in [0, 0.1) is 0 Å². The number of rotatable bonds is 0. The van der Waals surface area contributed by atoms with Crippen LogP contribution in [0.2, 0.25) is 0 Å². The predicted molar refractivity (Wildman–Crippen MR) is 12.6 cm³/mol. The van der Waals surface area contributed by atoms with Crippen molar-refractivity contribution in [2.24, 2.45) is 0 Å². The normalized spacial score (nSPS) is 2.25. The van der Waals surface area contributed by atoms with Crippen molar-refractivity contribution in [1.82, 2.24) is 6.15 Å².